The van der Waals surface area contributed by atoms with Crippen molar-refractivity contribution in [3.05, 3.63) is 57.6 Å². The van der Waals surface area contributed by atoms with Crippen LogP contribution in [0.25, 0.3) is 0 Å². The third kappa shape index (κ3) is 3.70. The molecule has 0 aromatic heterocycles. The number of nitriles is 2. The smallest absolute Gasteiger partial charge is 0.292 e. The molecule has 4 nitrogen and oxygen atoms in total. The summed E-state index contributed by atoms with van der Waals surface area (Å²) >= 11 is 0. The number of aryl methyl sites for hydroxylation is 4. The molecule has 0 saturated heterocycles. The van der Waals surface area contributed by atoms with Gasteiger partial charge in [0.25, 0.3) is 12.5 Å². The van der Waals surface area contributed by atoms with Gasteiger partial charge in [-0.1, -0.05) is 37.6 Å². The predicted octanol–water partition coefficient (Wildman–Crippen LogP) is 7.60. The zero-order valence-electron chi connectivity index (χ0n) is 21.8. The van der Waals surface area contributed by atoms with Crippen LogP contribution in [-0.4, -0.2) is 0 Å². The summed E-state index contributed by atoms with van der Waals surface area (Å²) < 4.78 is 10.6. The van der Waals surface area contributed by atoms with Gasteiger partial charge in [-0.3, -0.25) is 0 Å². The standard InChI is InChI=1S/C31H36N2O2/c1-6-7-29-12-24-13-30(15-29,25-8-20(2)27(34-18-32)21(3)9-25)17-31(14-24,16-29)26-10-22(4)28(35-19-33)23(5)11-26/h8-11,24H,6-7,12-17H2,1-5H3. The monoisotopic (exact) mass is 468 g/mol. The molecule has 0 radical (unpaired) electrons. The number of nitrogens with zero attached hydrogens (tertiary/aromatic N) is 2. The Hall–Kier alpha value is -2.98. The lowest BCUT2D eigenvalue weighted by atomic mass is 9.37. The number of ether oxygens (including phenoxy) is 2. The predicted molar refractivity (Wildman–Crippen MR) is 136 cm³/mol. The zero-order chi connectivity index (χ0) is 25.0. The summed E-state index contributed by atoms with van der Waals surface area (Å²) in [5, 5.41) is 18.2. The van der Waals surface area contributed by atoms with Gasteiger partial charge in [0, 0.05) is 0 Å². The maximum absolute atomic E-state index is 9.12. The minimum absolute atomic E-state index is 0.152. The van der Waals surface area contributed by atoms with Crippen LogP contribution in [0.1, 0.15) is 91.7 Å². The van der Waals surface area contributed by atoms with Gasteiger partial charge in [-0.2, -0.15) is 0 Å². The normalized spacial score (nSPS) is 30.5. The molecule has 0 spiro atoms. The van der Waals surface area contributed by atoms with Crippen molar-refractivity contribution in [1.29, 1.82) is 10.5 Å². The molecule has 2 aromatic rings. The second-order valence-electron chi connectivity index (χ2n) is 12.1. The fourth-order valence-electron chi connectivity index (χ4n) is 9.02. The lowest BCUT2D eigenvalue weighted by Gasteiger charge is -2.67. The van der Waals surface area contributed by atoms with E-state index in [9.17, 15) is 0 Å². The zero-order valence-corrected chi connectivity index (χ0v) is 21.8. The van der Waals surface area contributed by atoms with Crippen molar-refractivity contribution >= 4 is 0 Å². The third-order valence-electron chi connectivity index (χ3n) is 9.41. The van der Waals surface area contributed by atoms with E-state index in [4.69, 9.17) is 20.0 Å². The quantitative estimate of drug-likeness (QED) is 0.409. The highest BCUT2D eigenvalue weighted by Gasteiger charge is 2.63. The SMILES string of the molecule is CCCC12CC3CC(c4cc(C)c(OC#N)c(C)c4)(C1)CC(c1cc(C)c(OC#N)c(C)c1)(C3)C2. The molecule has 4 bridgehead atoms. The van der Waals surface area contributed by atoms with Crippen LogP contribution in [0.4, 0.5) is 0 Å². The first-order chi connectivity index (χ1) is 16.7. The van der Waals surface area contributed by atoms with Gasteiger partial charge in [-0.15, -0.1) is 10.5 Å². The molecule has 4 fully saturated rings. The van der Waals surface area contributed by atoms with Crippen molar-refractivity contribution in [2.24, 2.45) is 11.3 Å². The van der Waals surface area contributed by atoms with E-state index in [1.54, 1.807) is 0 Å². The largest absolute Gasteiger partial charge is 0.387 e. The summed E-state index contributed by atoms with van der Waals surface area (Å²) in [4.78, 5) is 0. The molecule has 2 atom stereocenters. The van der Waals surface area contributed by atoms with Gasteiger partial charge in [0.15, 0.2) is 0 Å². The van der Waals surface area contributed by atoms with Crippen molar-refractivity contribution in [2.45, 2.75) is 96.8 Å². The van der Waals surface area contributed by atoms with Crippen molar-refractivity contribution in [3.63, 3.8) is 0 Å². The molecule has 0 heterocycles. The van der Waals surface area contributed by atoms with Gasteiger partial charge in [0.2, 0.25) is 0 Å². The average Bonchev–Trinajstić information content (AvgIpc) is 2.77. The van der Waals surface area contributed by atoms with Crippen LogP contribution in [0.3, 0.4) is 0 Å². The van der Waals surface area contributed by atoms with Crippen LogP contribution in [0.15, 0.2) is 24.3 Å². The third-order valence-corrected chi connectivity index (χ3v) is 9.41. The Morgan fingerprint density at radius 3 is 1.54 bits per heavy atom. The van der Waals surface area contributed by atoms with Crippen molar-refractivity contribution in [3.8, 4) is 24.0 Å². The lowest BCUT2D eigenvalue weighted by molar-refractivity contribution is -0.0944. The van der Waals surface area contributed by atoms with Gasteiger partial charge < -0.3 is 9.47 Å². The highest BCUT2D eigenvalue weighted by atomic mass is 16.5. The van der Waals surface area contributed by atoms with E-state index in [-0.39, 0.29) is 10.8 Å². The summed E-state index contributed by atoms with van der Waals surface area (Å²) in [5.74, 6) is 2.14. The molecular formula is C31H36N2O2. The highest BCUT2D eigenvalue weighted by Crippen LogP contribution is 2.71. The number of rotatable bonds is 6. The molecule has 2 unspecified atom stereocenters. The fourth-order valence-corrected chi connectivity index (χ4v) is 9.02. The van der Waals surface area contributed by atoms with Crippen molar-refractivity contribution in [2.75, 3.05) is 0 Å². The minimum atomic E-state index is 0.152. The summed E-state index contributed by atoms with van der Waals surface area (Å²) in [6.07, 6.45) is 13.8. The molecular weight excluding hydrogens is 432 g/mol. The fraction of sp³-hybridized carbons (Fsp3) is 0.548. The summed E-state index contributed by atoms with van der Waals surface area (Å²) in [6, 6.07) is 9.22. The van der Waals surface area contributed by atoms with Gasteiger partial charge in [-0.05, 0) is 128 Å². The van der Waals surface area contributed by atoms with Crippen molar-refractivity contribution in [1.82, 2.24) is 0 Å². The molecule has 35 heavy (non-hydrogen) atoms. The van der Waals surface area contributed by atoms with E-state index >= 15 is 0 Å². The molecule has 6 rings (SSSR count). The van der Waals surface area contributed by atoms with Crippen LogP contribution in [0, 0.1) is 62.1 Å². The minimum Gasteiger partial charge on any atom is -0.387 e. The van der Waals surface area contributed by atoms with Gasteiger partial charge in [-0.25, -0.2) is 0 Å². The molecule has 0 N–H and O–H groups in total. The Morgan fingerprint density at radius 2 is 1.17 bits per heavy atom. The summed E-state index contributed by atoms with van der Waals surface area (Å²) in [5.41, 5.74) is 7.77. The van der Waals surface area contributed by atoms with E-state index in [1.165, 1.54) is 56.1 Å². The Kier molecular flexibility index (Phi) is 5.63. The average molecular weight is 469 g/mol. The van der Waals surface area contributed by atoms with Gasteiger partial charge >= 0.3 is 0 Å². The Labute approximate surface area is 209 Å². The number of benzene rings is 2. The molecule has 0 amide bonds. The molecule has 0 aliphatic heterocycles. The van der Waals surface area contributed by atoms with Gasteiger partial charge in [0.05, 0.1) is 0 Å². The Morgan fingerprint density at radius 1 is 0.743 bits per heavy atom. The molecule has 4 saturated carbocycles. The number of hydrogen-bond acceptors (Lipinski definition) is 4. The molecule has 182 valence electrons. The van der Waals surface area contributed by atoms with Crippen molar-refractivity contribution < 1.29 is 9.47 Å². The van der Waals surface area contributed by atoms with Crippen LogP contribution in [0.2, 0.25) is 0 Å². The summed E-state index contributed by atoms with van der Waals surface area (Å²) in [7, 11) is 0. The molecule has 4 aliphatic carbocycles. The van der Waals surface area contributed by atoms with Crippen LogP contribution >= 0.6 is 0 Å². The first kappa shape index (κ1) is 23.7. The topological polar surface area (TPSA) is 66.0 Å². The molecule has 2 aromatic carbocycles. The first-order valence-electron chi connectivity index (χ1n) is 13.0. The van der Waals surface area contributed by atoms with E-state index < -0.39 is 0 Å². The van der Waals surface area contributed by atoms with Crippen LogP contribution < -0.4 is 9.47 Å². The second-order valence-corrected chi connectivity index (χ2v) is 12.1. The summed E-state index contributed by atoms with van der Waals surface area (Å²) in [6.45, 7) is 10.6. The van der Waals surface area contributed by atoms with Crippen LogP contribution in [-0.2, 0) is 10.8 Å². The maximum atomic E-state index is 9.12. The van der Waals surface area contributed by atoms with Crippen LogP contribution in [0.5, 0.6) is 11.5 Å². The second kappa shape index (κ2) is 8.30. The maximum Gasteiger partial charge on any atom is 0.292 e. The van der Waals surface area contributed by atoms with E-state index in [0.717, 1.165) is 34.6 Å². The Bertz CT molecular complexity index is 1130. The first-order valence-corrected chi connectivity index (χ1v) is 13.0. The van der Waals surface area contributed by atoms with Gasteiger partial charge in [0.1, 0.15) is 11.5 Å². The van der Waals surface area contributed by atoms with E-state index in [0.29, 0.717) is 16.9 Å². The lowest BCUT2D eigenvalue weighted by Crippen LogP contribution is -2.60. The molecule has 4 heteroatoms. The Balaban J connectivity index is 1.65. The number of hydrogen-bond donors (Lipinski definition) is 0. The highest BCUT2D eigenvalue weighted by molar-refractivity contribution is 5.51. The molecule has 4 aliphatic rings. The van der Waals surface area contributed by atoms with E-state index in [2.05, 4.69) is 58.9 Å². The van der Waals surface area contributed by atoms with E-state index in [1.807, 2.05) is 12.5 Å².